The molecule has 1 aromatic heterocycles. The summed E-state index contributed by atoms with van der Waals surface area (Å²) in [4.78, 5) is 16.6. The highest BCUT2D eigenvalue weighted by Crippen LogP contribution is 2.27. The topological polar surface area (TPSA) is 42.0 Å². The van der Waals surface area contributed by atoms with Gasteiger partial charge in [-0.1, -0.05) is 55.4 Å². The molecule has 3 nitrogen and oxygen atoms in total. The molecule has 1 unspecified atom stereocenters. The zero-order valence-electron chi connectivity index (χ0n) is 12.9. The summed E-state index contributed by atoms with van der Waals surface area (Å²) in [6, 6.07) is 9.94. The molecule has 0 fully saturated rings. The van der Waals surface area contributed by atoms with Gasteiger partial charge < -0.3 is 5.32 Å². The molecule has 0 bridgehead atoms. The number of carbonyl (C=O) groups is 1. The number of hydrogen-bond acceptors (Lipinski definition) is 3. The second kappa shape index (κ2) is 8.31. The van der Waals surface area contributed by atoms with Crippen molar-refractivity contribution in [1.29, 1.82) is 0 Å². The molecule has 1 aromatic carbocycles. The van der Waals surface area contributed by atoms with Crippen molar-refractivity contribution in [2.24, 2.45) is 5.92 Å². The lowest BCUT2D eigenvalue weighted by molar-refractivity contribution is -0.121. The summed E-state index contributed by atoms with van der Waals surface area (Å²) in [6.45, 7) is 4.11. The van der Waals surface area contributed by atoms with Crippen LogP contribution in [0.5, 0.6) is 0 Å². The number of rotatable bonds is 6. The smallest absolute Gasteiger partial charge is 0.234 e. The van der Waals surface area contributed by atoms with Gasteiger partial charge >= 0.3 is 0 Å². The zero-order valence-corrected chi connectivity index (χ0v) is 14.5. The molecule has 0 aliphatic rings. The maximum atomic E-state index is 13.6. The Labute approximate surface area is 144 Å². The van der Waals surface area contributed by atoms with Crippen LogP contribution < -0.4 is 5.32 Å². The lowest BCUT2D eigenvalue weighted by atomic mass is 10.1. The van der Waals surface area contributed by atoms with Crippen molar-refractivity contribution < 1.29 is 9.18 Å². The number of thioether (sulfide) groups is 1. The molecule has 1 amide bonds. The molecular weight excluding hydrogens is 335 g/mol. The van der Waals surface area contributed by atoms with Crippen LogP contribution in [-0.4, -0.2) is 16.1 Å². The fourth-order valence-corrected chi connectivity index (χ4v) is 3.07. The van der Waals surface area contributed by atoms with Gasteiger partial charge in [-0.05, 0) is 24.1 Å². The number of pyridine rings is 1. The molecule has 1 heterocycles. The van der Waals surface area contributed by atoms with Gasteiger partial charge in [0.05, 0.1) is 15.3 Å². The van der Waals surface area contributed by atoms with E-state index in [2.05, 4.69) is 10.3 Å². The predicted octanol–water partition coefficient (Wildman–Crippen LogP) is 4.31. The molecule has 1 atom stereocenters. The van der Waals surface area contributed by atoms with Crippen LogP contribution in [0.3, 0.4) is 0 Å². The van der Waals surface area contributed by atoms with Gasteiger partial charge in [-0.2, -0.15) is 0 Å². The normalized spacial score (nSPS) is 12.2. The Bertz CT molecular complexity index is 664. The van der Waals surface area contributed by atoms with E-state index in [1.54, 1.807) is 36.5 Å². The van der Waals surface area contributed by atoms with E-state index in [1.807, 2.05) is 13.8 Å². The number of nitrogens with one attached hydrogen (secondary N) is 1. The number of amides is 1. The van der Waals surface area contributed by atoms with Gasteiger partial charge in [0.15, 0.2) is 0 Å². The van der Waals surface area contributed by atoms with Crippen molar-refractivity contribution in [2.75, 3.05) is 0 Å². The van der Waals surface area contributed by atoms with Crippen molar-refractivity contribution >= 4 is 29.3 Å². The summed E-state index contributed by atoms with van der Waals surface area (Å²) in [5.74, 6) is -0.344. The largest absolute Gasteiger partial charge is 0.351 e. The SMILES string of the molecule is CC(C)C(Sc1ccc(Cl)cn1)C(=O)NCc1ccccc1F. The number of benzene rings is 1. The predicted molar refractivity (Wildman–Crippen MR) is 92.0 cm³/mol. The first-order valence-electron chi connectivity index (χ1n) is 7.26. The third kappa shape index (κ3) is 5.22. The average molecular weight is 353 g/mol. The Morgan fingerprint density at radius 2 is 2.04 bits per heavy atom. The summed E-state index contributed by atoms with van der Waals surface area (Å²) in [5, 5.41) is 3.78. The third-order valence-corrected chi connectivity index (χ3v) is 4.94. The number of aromatic nitrogens is 1. The quantitative estimate of drug-likeness (QED) is 0.788. The van der Waals surface area contributed by atoms with Gasteiger partial charge in [0.2, 0.25) is 5.91 Å². The van der Waals surface area contributed by atoms with Crippen LogP contribution in [0, 0.1) is 11.7 Å². The van der Waals surface area contributed by atoms with Crippen LogP contribution in [-0.2, 0) is 11.3 Å². The Hall–Kier alpha value is -1.59. The summed E-state index contributed by atoms with van der Waals surface area (Å²) in [7, 11) is 0. The first kappa shape index (κ1) is 17.8. The first-order valence-corrected chi connectivity index (χ1v) is 8.52. The summed E-state index contributed by atoms with van der Waals surface area (Å²) in [6.07, 6.45) is 1.55. The van der Waals surface area contributed by atoms with Crippen molar-refractivity contribution in [3.63, 3.8) is 0 Å². The molecule has 122 valence electrons. The first-order chi connectivity index (χ1) is 11.0. The Morgan fingerprint density at radius 3 is 2.65 bits per heavy atom. The summed E-state index contributed by atoms with van der Waals surface area (Å²) >= 11 is 7.20. The van der Waals surface area contributed by atoms with Crippen LogP contribution in [0.1, 0.15) is 19.4 Å². The van der Waals surface area contributed by atoms with Gasteiger partial charge in [0, 0.05) is 18.3 Å². The van der Waals surface area contributed by atoms with Crippen molar-refractivity contribution in [3.05, 3.63) is 59.0 Å². The molecule has 0 spiro atoms. The van der Waals surface area contributed by atoms with E-state index in [9.17, 15) is 9.18 Å². The van der Waals surface area contributed by atoms with Crippen LogP contribution in [0.25, 0.3) is 0 Å². The molecule has 2 rings (SSSR count). The lowest BCUT2D eigenvalue weighted by Gasteiger charge is -2.19. The summed E-state index contributed by atoms with van der Waals surface area (Å²) in [5.41, 5.74) is 0.470. The molecule has 23 heavy (non-hydrogen) atoms. The lowest BCUT2D eigenvalue weighted by Crippen LogP contribution is -2.35. The van der Waals surface area contributed by atoms with Crippen molar-refractivity contribution in [1.82, 2.24) is 10.3 Å². The van der Waals surface area contributed by atoms with Gasteiger partial charge in [0.25, 0.3) is 0 Å². The Kier molecular flexibility index (Phi) is 6.42. The van der Waals surface area contributed by atoms with Gasteiger partial charge in [-0.25, -0.2) is 9.37 Å². The number of nitrogens with zero attached hydrogens (tertiary/aromatic N) is 1. The minimum Gasteiger partial charge on any atom is -0.351 e. The van der Waals surface area contributed by atoms with Gasteiger partial charge in [-0.3, -0.25) is 4.79 Å². The van der Waals surface area contributed by atoms with E-state index in [1.165, 1.54) is 17.8 Å². The molecule has 2 aromatic rings. The molecule has 0 radical (unpaired) electrons. The van der Waals surface area contributed by atoms with E-state index in [0.717, 1.165) is 5.03 Å². The molecule has 0 aliphatic heterocycles. The van der Waals surface area contributed by atoms with Crippen LogP contribution in [0.15, 0.2) is 47.6 Å². The van der Waals surface area contributed by atoms with E-state index < -0.39 is 0 Å². The van der Waals surface area contributed by atoms with Crippen LogP contribution in [0.2, 0.25) is 5.02 Å². The summed E-state index contributed by atoms with van der Waals surface area (Å²) < 4.78 is 13.6. The number of halogens is 2. The Morgan fingerprint density at radius 1 is 1.30 bits per heavy atom. The third-order valence-electron chi connectivity index (χ3n) is 3.22. The second-order valence-corrected chi connectivity index (χ2v) is 7.00. The number of carbonyl (C=O) groups excluding carboxylic acids is 1. The Balaban J connectivity index is 2.01. The fraction of sp³-hybridized carbons (Fsp3) is 0.294. The highest BCUT2D eigenvalue weighted by Gasteiger charge is 2.24. The van der Waals surface area contributed by atoms with E-state index in [-0.39, 0.29) is 29.4 Å². The highest BCUT2D eigenvalue weighted by molar-refractivity contribution is 8.00. The highest BCUT2D eigenvalue weighted by atomic mass is 35.5. The van der Waals surface area contributed by atoms with Crippen LogP contribution >= 0.6 is 23.4 Å². The van der Waals surface area contributed by atoms with Gasteiger partial charge in [0.1, 0.15) is 5.82 Å². The average Bonchev–Trinajstić information content (AvgIpc) is 2.53. The minimum atomic E-state index is -0.319. The van der Waals surface area contributed by atoms with Crippen LogP contribution in [0.4, 0.5) is 4.39 Å². The maximum absolute atomic E-state index is 13.6. The monoisotopic (exact) mass is 352 g/mol. The molecule has 6 heteroatoms. The van der Waals surface area contributed by atoms with E-state index in [0.29, 0.717) is 10.6 Å². The molecule has 0 saturated carbocycles. The fourth-order valence-electron chi connectivity index (χ4n) is 1.98. The zero-order chi connectivity index (χ0) is 16.8. The van der Waals surface area contributed by atoms with Gasteiger partial charge in [-0.15, -0.1) is 0 Å². The van der Waals surface area contributed by atoms with E-state index >= 15 is 0 Å². The molecular formula is C17H18ClFN2OS. The minimum absolute atomic E-state index is 0.109. The van der Waals surface area contributed by atoms with Crippen molar-refractivity contribution in [2.45, 2.75) is 30.7 Å². The van der Waals surface area contributed by atoms with Crippen molar-refractivity contribution in [3.8, 4) is 0 Å². The molecule has 1 N–H and O–H groups in total. The maximum Gasteiger partial charge on any atom is 0.234 e. The molecule has 0 saturated heterocycles. The molecule has 0 aliphatic carbocycles. The van der Waals surface area contributed by atoms with E-state index in [4.69, 9.17) is 11.6 Å². The standard InChI is InChI=1S/C17H18ClFN2OS/c1-11(2)16(23-15-8-7-13(18)10-20-15)17(22)21-9-12-5-3-4-6-14(12)19/h3-8,10-11,16H,9H2,1-2H3,(H,21,22). The number of hydrogen-bond donors (Lipinski definition) is 1. The second-order valence-electron chi connectivity index (χ2n) is 5.41.